The lowest BCUT2D eigenvalue weighted by atomic mass is 10.2. The van der Waals surface area contributed by atoms with Crippen LogP contribution in [0, 0.1) is 0 Å². The third-order valence-corrected chi connectivity index (χ3v) is 3.76. The highest BCUT2D eigenvalue weighted by Crippen LogP contribution is 2.17. The summed E-state index contributed by atoms with van der Waals surface area (Å²) in [6.45, 7) is 3.38. The zero-order valence-electron chi connectivity index (χ0n) is 11.0. The first-order chi connectivity index (χ1) is 8.81. The van der Waals surface area contributed by atoms with Gasteiger partial charge in [-0.25, -0.2) is 0 Å². The number of amides is 1. The van der Waals surface area contributed by atoms with Crippen molar-refractivity contribution >= 4 is 5.91 Å². The van der Waals surface area contributed by atoms with Crippen molar-refractivity contribution < 1.29 is 14.3 Å². The average Bonchev–Trinajstić information content (AvgIpc) is 3.04. The maximum atomic E-state index is 12.0. The molecule has 2 aliphatic heterocycles. The van der Waals surface area contributed by atoms with Crippen LogP contribution in [-0.2, 0) is 14.3 Å². The molecule has 2 saturated heterocycles. The Labute approximate surface area is 109 Å². The smallest absolute Gasteiger partial charge is 0.225 e. The predicted octanol–water partition coefficient (Wildman–Crippen LogP) is 0.522. The molecule has 0 spiro atoms. The van der Waals surface area contributed by atoms with E-state index in [1.165, 1.54) is 0 Å². The van der Waals surface area contributed by atoms with E-state index in [1.54, 1.807) is 0 Å². The molecule has 2 aliphatic rings. The van der Waals surface area contributed by atoms with Crippen molar-refractivity contribution in [1.29, 1.82) is 0 Å². The van der Waals surface area contributed by atoms with E-state index in [-0.39, 0.29) is 18.1 Å². The van der Waals surface area contributed by atoms with Crippen molar-refractivity contribution in [3.63, 3.8) is 0 Å². The molecular formula is C13H24N2O3. The molecule has 5 heteroatoms. The molecule has 18 heavy (non-hydrogen) atoms. The Hall–Kier alpha value is -0.650. The van der Waals surface area contributed by atoms with E-state index in [4.69, 9.17) is 15.2 Å². The number of nitrogens with zero attached hydrogens (tertiary/aromatic N) is 1. The quantitative estimate of drug-likeness (QED) is 0.704. The van der Waals surface area contributed by atoms with Gasteiger partial charge in [-0.2, -0.15) is 0 Å². The van der Waals surface area contributed by atoms with Crippen molar-refractivity contribution in [1.82, 2.24) is 4.90 Å². The Bertz CT molecular complexity index is 267. The average molecular weight is 256 g/mol. The number of likely N-dealkylation sites (tertiary alicyclic amines) is 1. The van der Waals surface area contributed by atoms with Crippen LogP contribution in [-0.4, -0.2) is 55.9 Å². The Balaban J connectivity index is 1.59. The number of rotatable bonds is 6. The fourth-order valence-corrected chi connectivity index (χ4v) is 2.70. The lowest BCUT2D eigenvalue weighted by Crippen LogP contribution is -2.40. The number of nitrogens with two attached hydrogens (primary N) is 1. The van der Waals surface area contributed by atoms with E-state index in [1.807, 2.05) is 4.90 Å². The third-order valence-electron chi connectivity index (χ3n) is 3.76. The fourth-order valence-electron chi connectivity index (χ4n) is 2.70. The topological polar surface area (TPSA) is 64.8 Å². The zero-order chi connectivity index (χ0) is 12.8. The van der Waals surface area contributed by atoms with Gasteiger partial charge in [0, 0.05) is 25.7 Å². The van der Waals surface area contributed by atoms with Crippen LogP contribution in [0.3, 0.4) is 0 Å². The second-order valence-corrected chi connectivity index (χ2v) is 5.08. The molecule has 0 aromatic carbocycles. The van der Waals surface area contributed by atoms with E-state index in [9.17, 15) is 4.79 Å². The molecule has 0 radical (unpaired) electrons. The molecule has 2 atom stereocenters. The molecule has 0 saturated carbocycles. The summed E-state index contributed by atoms with van der Waals surface area (Å²) < 4.78 is 11.0. The van der Waals surface area contributed by atoms with E-state index < -0.39 is 0 Å². The summed E-state index contributed by atoms with van der Waals surface area (Å²) in [6, 6.07) is 0.246. The van der Waals surface area contributed by atoms with Gasteiger partial charge in [-0.1, -0.05) is 0 Å². The molecule has 0 aromatic heterocycles. The highest BCUT2D eigenvalue weighted by atomic mass is 16.5. The van der Waals surface area contributed by atoms with Crippen molar-refractivity contribution in [3.8, 4) is 0 Å². The number of carbonyl (C=O) groups excluding carboxylic acids is 1. The summed E-state index contributed by atoms with van der Waals surface area (Å²) in [6.07, 6.45) is 5.02. The summed E-state index contributed by atoms with van der Waals surface area (Å²) >= 11 is 0. The van der Waals surface area contributed by atoms with Gasteiger partial charge in [0.15, 0.2) is 0 Å². The van der Waals surface area contributed by atoms with Crippen molar-refractivity contribution in [2.75, 3.05) is 32.9 Å². The minimum absolute atomic E-state index is 0.176. The van der Waals surface area contributed by atoms with Gasteiger partial charge in [0.05, 0.1) is 25.7 Å². The maximum absolute atomic E-state index is 12.0. The summed E-state index contributed by atoms with van der Waals surface area (Å²) in [5.41, 5.74) is 5.66. The van der Waals surface area contributed by atoms with Crippen LogP contribution in [0.5, 0.6) is 0 Å². The highest BCUT2D eigenvalue weighted by Gasteiger charge is 2.27. The molecule has 2 N–H and O–H groups in total. The molecule has 5 nitrogen and oxygen atoms in total. The normalized spacial score (nSPS) is 27.9. The highest BCUT2D eigenvalue weighted by molar-refractivity contribution is 5.76. The summed E-state index contributed by atoms with van der Waals surface area (Å²) in [4.78, 5) is 13.9. The van der Waals surface area contributed by atoms with E-state index >= 15 is 0 Å². The van der Waals surface area contributed by atoms with Crippen LogP contribution in [0.15, 0.2) is 0 Å². The largest absolute Gasteiger partial charge is 0.378 e. The molecule has 2 unspecified atom stereocenters. The van der Waals surface area contributed by atoms with Gasteiger partial charge in [-0.05, 0) is 25.7 Å². The summed E-state index contributed by atoms with van der Waals surface area (Å²) in [5.74, 6) is 0.176. The molecule has 0 bridgehead atoms. The van der Waals surface area contributed by atoms with Crippen LogP contribution in [0.2, 0.25) is 0 Å². The lowest BCUT2D eigenvalue weighted by molar-refractivity contribution is -0.133. The fraction of sp³-hybridized carbons (Fsp3) is 0.923. The van der Waals surface area contributed by atoms with Gasteiger partial charge in [-0.3, -0.25) is 4.79 Å². The number of carbonyl (C=O) groups is 1. The standard InChI is InChI=1S/C13H24N2O3/c14-9-11-3-1-6-15(11)13(16)5-8-17-10-12-4-2-7-18-12/h11-12H,1-10,14H2. The number of hydrogen-bond acceptors (Lipinski definition) is 4. The van der Waals surface area contributed by atoms with Crippen molar-refractivity contribution in [2.45, 2.75) is 44.2 Å². The molecular weight excluding hydrogens is 232 g/mol. The van der Waals surface area contributed by atoms with E-state index in [2.05, 4.69) is 0 Å². The minimum Gasteiger partial charge on any atom is -0.378 e. The molecule has 0 aromatic rings. The summed E-state index contributed by atoms with van der Waals surface area (Å²) in [5, 5.41) is 0. The van der Waals surface area contributed by atoms with Gasteiger partial charge in [0.2, 0.25) is 5.91 Å². The second kappa shape index (κ2) is 7.07. The van der Waals surface area contributed by atoms with Gasteiger partial charge in [0.1, 0.15) is 0 Å². The Kier molecular flexibility index (Phi) is 5.41. The van der Waals surface area contributed by atoms with Crippen molar-refractivity contribution in [3.05, 3.63) is 0 Å². The van der Waals surface area contributed by atoms with Gasteiger partial charge >= 0.3 is 0 Å². The molecule has 2 fully saturated rings. The molecule has 104 valence electrons. The summed E-state index contributed by atoms with van der Waals surface area (Å²) in [7, 11) is 0. The molecule has 2 heterocycles. The Morgan fingerprint density at radius 1 is 1.39 bits per heavy atom. The SMILES string of the molecule is NCC1CCCN1C(=O)CCOCC1CCCO1. The monoisotopic (exact) mass is 256 g/mol. The van der Waals surface area contributed by atoms with Crippen LogP contribution < -0.4 is 5.73 Å². The minimum atomic E-state index is 0.176. The van der Waals surface area contributed by atoms with Gasteiger partial charge in [0.25, 0.3) is 0 Å². The van der Waals surface area contributed by atoms with E-state index in [0.29, 0.717) is 26.2 Å². The Morgan fingerprint density at radius 3 is 3.00 bits per heavy atom. The van der Waals surface area contributed by atoms with Crippen LogP contribution in [0.25, 0.3) is 0 Å². The first-order valence-corrected chi connectivity index (χ1v) is 7.00. The molecule has 2 rings (SSSR count). The van der Waals surface area contributed by atoms with E-state index in [0.717, 1.165) is 38.8 Å². The first-order valence-electron chi connectivity index (χ1n) is 7.00. The van der Waals surface area contributed by atoms with Crippen LogP contribution >= 0.6 is 0 Å². The first kappa shape index (κ1) is 13.8. The molecule has 1 amide bonds. The molecule has 0 aliphatic carbocycles. The Morgan fingerprint density at radius 2 is 2.28 bits per heavy atom. The second-order valence-electron chi connectivity index (χ2n) is 5.08. The maximum Gasteiger partial charge on any atom is 0.225 e. The number of ether oxygens (including phenoxy) is 2. The zero-order valence-corrected chi connectivity index (χ0v) is 11.0. The number of hydrogen-bond donors (Lipinski definition) is 1. The van der Waals surface area contributed by atoms with Crippen molar-refractivity contribution in [2.24, 2.45) is 5.73 Å². The van der Waals surface area contributed by atoms with Gasteiger partial charge < -0.3 is 20.1 Å². The van der Waals surface area contributed by atoms with Crippen LogP contribution in [0.1, 0.15) is 32.1 Å². The van der Waals surface area contributed by atoms with Gasteiger partial charge in [-0.15, -0.1) is 0 Å². The third kappa shape index (κ3) is 3.67. The lowest BCUT2D eigenvalue weighted by Gasteiger charge is -2.23. The van der Waals surface area contributed by atoms with Crippen LogP contribution in [0.4, 0.5) is 0 Å². The predicted molar refractivity (Wildman–Crippen MR) is 68.2 cm³/mol.